The van der Waals surface area contributed by atoms with E-state index < -0.39 is 0 Å². The van der Waals surface area contributed by atoms with Crippen LogP contribution in [0.3, 0.4) is 0 Å². The van der Waals surface area contributed by atoms with Gasteiger partial charge < -0.3 is 0 Å². The van der Waals surface area contributed by atoms with Gasteiger partial charge in [-0.25, -0.2) is 0 Å². The average molecular weight is 332 g/mol. The van der Waals surface area contributed by atoms with Gasteiger partial charge in [0, 0.05) is 18.6 Å². The molecule has 0 bridgehead atoms. The summed E-state index contributed by atoms with van der Waals surface area (Å²) in [5.41, 5.74) is 6.17. The summed E-state index contributed by atoms with van der Waals surface area (Å²) in [7, 11) is 0. The molecule has 1 fully saturated rings. The highest BCUT2D eigenvalue weighted by molar-refractivity contribution is 5.69. The summed E-state index contributed by atoms with van der Waals surface area (Å²) in [5.74, 6) is 0. The molecule has 2 aromatic rings. The molecular formula is C24H29N. The van der Waals surface area contributed by atoms with Crippen LogP contribution >= 0.6 is 0 Å². The molecule has 0 N–H and O–H groups in total. The van der Waals surface area contributed by atoms with Crippen LogP contribution in [0.1, 0.15) is 55.2 Å². The van der Waals surface area contributed by atoms with Crippen LogP contribution < -0.4 is 0 Å². The van der Waals surface area contributed by atoms with E-state index in [2.05, 4.69) is 72.5 Å². The molecule has 0 atom stereocenters. The van der Waals surface area contributed by atoms with E-state index in [0.29, 0.717) is 0 Å². The average Bonchev–Trinajstić information content (AvgIpc) is 2.70. The molecule has 1 saturated carbocycles. The fraction of sp³-hybridized carbons (Fsp3) is 0.417. The van der Waals surface area contributed by atoms with Crippen LogP contribution in [0.2, 0.25) is 0 Å². The lowest BCUT2D eigenvalue weighted by atomic mass is 9.74. The molecule has 2 aromatic carbocycles. The minimum Gasteiger partial charge on any atom is -0.290 e. The molecule has 1 nitrogen and oxygen atoms in total. The van der Waals surface area contributed by atoms with Gasteiger partial charge in [-0.05, 0) is 48.4 Å². The second-order valence-electron chi connectivity index (χ2n) is 7.70. The van der Waals surface area contributed by atoms with Crippen molar-refractivity contribution < 1.29 is 0 Å². The monoisotopic (exact) mass is 331 g/mol. The first-order chi connectivity index (χ1) is 12.3. The van der Waals surface area contributed by atoms with Crippen LogP contribution in [-0.2, 0) is 5.54 Å². The van der Waals surface area contributed by atoms with Crippen molar-refractivity contribution in [2.75, 3.05) is 13.1 Å². The summed E-state index contributed by atoms with van der Waals surface area (Å²) in [4.78, 5) is 2.77. The van der Waals surface area contributed by atoms with Crippen molar-refractivity contribution in [3.63, 3.8) is 0 Å². The van der Waals surface area contributed by atoms with Crippen LogP contribution in [0, 0.1) is 6.92 Å². The highest BCUT2D eigenvalue weighted by Crippen LogP contribution is 2.44. The Kier molecular flexibility index (Phi) is 4.76. The molecule has 0 spiro atoms. The van der Waals surface area contributed by atoms with Crippen molar-refractivity contribution >= 4 is 5.57 Å². The van der Waals surface area contributed by atoms with Gasteiger partial charge in [-0.15, -0.1) is 0 Å². The lowest BCUT2D eigenvalue weighted by molar-refractivity contribution is 0.0569. The zero-order valence-corrected chi connectivity index (χ0v) is 15.4. The molecule has 0 radical (unpaired) electrons. The lowest BCUT2D eigenvalue weighted by Gasteiger charge is -2.48. The lowest BCUT2D eigenvalue weighted by Crippen LogP contribution is -2.49. The molecule has 1 heterocycles. The molecule has 130 valence electrons. The summed E-state index contributed by atoms with van der Waals surface area (Å²) >= 11 is 0. The molecule has 25 heavy (non-hydrogen) atoms. The van der Waals surface area contributed by atoms with E-state index in [1.807, 2.05) is 0 Å². The maximum Gasteiger partial charge on any atom is 0.0464 e. The van der Waals surface area contributed by atoms with Gasteiger partial charge in [-0.3, -0.25) is 4.90 Å². The molecule has 0 unspecified atom stereocenters. The molecular weight excluding hydrogens is 302 g/mol. The smallest absolute Gasteiger partial charge is 0.0464 e. The fourth-order valence-corrected chi connectivity index (χ4v) is 4.91. The Labute approximate surface area is 152 Å². The number of aryl methyl sites for hydroxylation is 1. The number of rotatable bonds is 3. The molecule has 0 amide bonds. The topological polar surface area (TPSA) is 3.24 Å². The Balaban J connectivity index is 1.62. The van der Waals surface area contributed by atoms with Crippen LogP contribution in [0.25, 0.3) is 5.57 Å². The third-order valence-electron chi connectivity index (χ3n) is 6.30. The van der Waals surface area contributed by atoms with Gasteiger partial charge in [0.2, 0.25) is 0 Å². The molecule has 1 heteroatoms. The third-order valence-corrected chi connectivity index (χ3v) is 6.30. The first-order valence-electron chi connectivity index (χ1n) is 9.85. The third kappa shape index (κ3) is 3.18. The normalized spacial score (nSPS) is 20.9. The molecule has 0 saturated heterocycles. The molecule has 2 aliphatic rings. The Morgan fingerprint density at radius 2 is 1.56 bits per heavy atom. The minimum atomic E-state index is 0.257. The maximum atomic E-state index is 2.77. The van der Waals surface area contributed by atoms with Crippen molar-refractivity contribution in [3.8, 4) is 0 Å². The van der Waals surface area contributed by atoms with E-state index in [4.69, 9.17) is 0 Å². The zero-order valence-electron chi connectivity index (χ0n) is 15.4. The zero-order chi connectivity index (χ0) is 17.1. The van der Waals surface area contributed by atoms with E-state index in [1.165, 1.54) is 67.3 Å². The summed E-state index contributed by atoms with van der Waals surface area (Å²) in [6.45, 7) is 4.49. The van der Waals surface area contributed by atoms with Gasteiger partial charge in [-0.1, -0.05) is 79.9 Å². The van der Waals surface area contributed by atoms with Crippen molar-refractivity contribution in [1.29, 1.82) is 0 Å². The van der Waals surface area contributed by atoms with Gasteiger partial charge in [0.25, 0.3) is 0 Å². The van der Waals surface area contributed by atoms with Gasteiger partial charge in [-0.2, -0.15) is 0 Å². The summed E-state index contributed by atoms with van der Waals surface area (Å²) in [6, 6.07) is 20.1. The summed E-state index contributed by atoms with van der Waals surface area (Å²) in [5, 5.41) is 0. The molecule has 4 rings (SSSR count). The standard InChI is InChI=1S/C24H29N/c1-20-10-6-7-13-23(20)21-14-18-25(19-15-21)24(16-8-3-9-17-24)22-11-4-2-5-12-22/h2,4-7,10-14H,3,8-9,15-19H2,1H3. The largest absolute Gasteiger partial charge is 0.290 e. The highest BCUT2D eigenvalue weighted by atomic mass is 15.2. The van der Waals surface area contributed by atoms with Crippen LogP contribution in [0.5, 0.6) is 0 Å². The van der Waals surface area contributed by atoms with E-state index >= 15 is 0 Å². The molecule has 0 aromatic heterocycles. The first kappa shape index (κ1) is 16.6. The fourth-order valence-electron chi connectivity index (χ4n) is 4.91. The highest BCUT2D eigenvalue weighted by Gasteiger charge is 2.39. The van der Waals surface area contributed by atoms with Crippen molar-refractivity contribution in [2.45, 2.75) is 51.0 Å². The van der Waals surface area contributed by atoms with Crippen LogP contribution in [0.4, 0.5) is 0 Å². The Hall–Kier alpha value is -1.86. The summed E-state index contributed by atoms with van der Waals surface area (Å²) < 4.78 is 0. The number of benzene rings is 2. The van der Waals surface area contributed by atoms with E-state index in [0.717, 1.165) is 6.54 Å². The van der Waals surface area contributed by atoms with Crippen molar-refractivity contribution in [1.82, 2.24) is 4.90 Å². The Bertz CT molecular complexity index is 738. The molecule has 1 aliphatic heterocycles. The number of nitrogens with zero attached hydrogens (tertiary/aromatic N) is 1. The van der Waals surface area contributed by atoms with Crippen molar-refractivity contribution in [2.24, 2.45) is 0 Å². The number of hydrogen-bond donors (Lipinski definition) is 0. The minimum absolute atomic E-state index is 0.257. The Morgan fingerprint density at radius 1 is 0.840 bits per heavy atom. The van der Waals surface area contributed by atoms with Gasteiger partial charge in [0.15, 0.2) is 0 Å². The van der Waals surface area contributed by atoms with Crippen LogP contribution in [-0.4, -0.2) is 18.0 Å². The Morgan fingerprint density at radius 3 is 2.24 bits per heavy atom. The predicted molar refractivity (Wildman–Crippen MR) is 107 cm³/mol. The second kappa shape index (κ2) is 7.17. The maximum absolute atomic E-state index is 2.77. The summed E-state index contributed by atoms with van der Waals surface area (Å²) in [6.07, 6.45) is 10.4. The van der Waals surface area contributed by atoms with Gasteiger partial charge in [0.05, 0.1) is 0 Å². The molecule has 1 aliphatic carbocycles. The predicted octanol–water partition coefficient (Wildman–Crippen LogP) is 5.94. The SMILES string of the molecule is Cc1ccccc1C1=CCN(C2(c3ccccc3)CCCCC2)CC1. The van der Waals surface area contributed by atoms with E-state index in [-0.39, 0.29) is 5.54 Å². The van der Waals surface area contributed by atoms with Gasteiger partial charge >= 0.3 is 0 Å². The quantitative estimate of drug-likeness (QED) is 0.672. The van der Waals surface area contributed by atoms with E-state index in [1.54, 1.807) is 0 Å². The van der Waals surface area contributed by atoms with Gasteiger partial charge in [0.1, 0.15) is 0 Å². The second-order valence-corrected chi connectivity index (χ2v) is 7.70. The number of hydrogen-bond acceptors (Lipinski definition) is 1. The van der Waals surface area contributed by atoms with Crippen LogP contribution in [0.15, 0.2) is 60.7 Å². The first-order valence-corrected chi connectivity index (χ1v) is 9.85. The van der Waals surface area contributed by atoms with E-state index in [9.17, 15) is 0 Å². The van der Waals surface area contributed by atoms with Crippen molar-refractivity contribution in [3.05, 3.63) is 77.4 Å².